The third kappa shape index (κ3) is 1.96. The van der Waals surface area contributed by atoms with Gasteiger partial charge in [0.05, 0.1) is 5.56 Å². The second-order valence-corrected chi connectivity index (χ2v) is 5.02. The number of benzene rings is 1. The van der Waals surface area contributed by atoms with Gasteiger partial charge in [-0.05, 0) is 36.6 Å². The van der Waals surface area contributed by atoms with E-state index in [-0.39, 0.29) is 0 Å². The molecule has 3 nitrogen and oxygen atoms in total. The standard InChI is InChI=1S/C16H15N3/c1-11-7-12(2)18-16(15(11)8-17)19-9-13-5-3-4-6-14(13)10-19/h3-7H,9-10H2,1-2H3. The first-order valence-corrected chi connectivity index (χ1v) is 6.39. The Kier molecular flexibility index (Phi) is 2.72. The van der Waals surface area contributed by atoms with Crippen molar-refractivity contribution >= 4 is 5.82 Å². The van der Waals surface area contributed by atoms with Crippen molar-refractivity contribution in [2.75, 3.05) is 4.90 Å². The maximum absolute atomic E-state index is 9.35. The highest BCUT2D eigenvalue weighted by atomic mass is 15.2. The van der Waals surface area contributed by atoms with Crippen molar-refractivity contribution in [2.45, 2.75) is 26.9 Å². The Balaban J connectivity index is 2.04. The molecule has 2 aromatic rings. The molecule has 94 valence electrons. The van der Waals surface area contributed by atoms with E-state index in [2.05, 4.69) is 40.2 Å². The third-order valence-corrected chi connectivity index (χ3v) is 3.58. The summed E-state index contributed by atoms with van der Waals surface area (Å²) in [5.74, 6) is 0.816. The van der Waals surface area contributed by atoms with E-state index in [4.69, 9.17) is 0 Å². The molecule has 0 spiro atoms. The normalized spacial score (nSPS) is 13.2. The van der Waals surface area contributed by atoms with Crippen molar-refractivity contribution < 1.29 is 0 Å². The van der Waals surface area contributed by atoms with E-state index in [1.165, 1.54) is 11.1 Å². The summed E-state index contributed by atoms with van der Waals surface area (Å²) in [5.41, 5.74) is 5.31. The molecule has 0 unspecified atom stereocenters. The number of nitriles is 1. The minimum Gasteiger partial charge on any atom is -0.347 e. The van der Waals surface area contributed by atoms with Crippen LogP contribution in [-0.2, 0) is 13.1 Å². The molecular formula is C16H15N3. The Morgan fingerprint density at radius 2 is 1.79 bits per heavy atom. The van der Waals surface area contributed by atoms with Crippen LogP contribution in [0.1, 0.15) is 27.9 Å². The lowest BCUT2D eigenvalue weighted by molar-refractivity contribution is 0.847. The summed E-state index contributed by atoms with van der Waals surface area (Å²) in [6, 6.07) is 12.7. The molecule has 0 atom stereocenters. The summed E-state index contributed by atoms with van der Waals surface area (Å²) in [5, 5.41) is 9.35. The molecule has 0 radical (unpaired) electrons. The molecule has 0 N–H and O–H groups in total. The molecule has 0 amide bonds. The van der Waals surface area contributed by atoms with E-state index in [1.54, 1.807) is 0 Å². The molecule has 19 heavy (non-hydrogen) atoms. The van der Waals surface area contributed by atoms with Crippen LogP contribution in [0.3, 0.4) is 0 Å². The smallest absolute Gasteiger partial charge is 0.147 e. The zero-order valence-corrected chi connectivity index (χ0v) is 11.1. The number of anilines is 1. The van der Waals surface area contributed by atoms with Gasteiger partial charge in [-0.15, -0.1) is 0 Å². The monoisotopic (exact) mass is 249 g/mol. The van der Waals surface area contributed by atoms with Gasteiger partial charge in [-0.25, -0.2) is 4.98 Å². The lowest BCUT2D eigenvalue weighted by Gasteiger charge is -2.19. The highest BCUT2D eigenvalue weighted by Crippen LogP contribution is 2.30. The summed E-state index contributed by atoms with van der Waals surface area (Å²) in [6.45, 7) is 5.61. The number of aryl methyl sites for hydroxylation is 2. The molecule has 0 bridgehead atoms. The van der Waals surface area contributed by atoms with Crippen LogP contribution in [0.2, 0.25) is 0 Å². The van der Waals surface area contributed by atoms with Gasteiger partial charge in [0.25, 0.3) is 0 Å². The first-order chi connectivity index (χ1) is 9.19. The van der Waals surface area contributed by atoms with Crippen LogP contribution in [0.4, 0.5) is 5.82 Å². The highest BCUT2D eigenvalue weighted by Gasteiger charge is 2.22. The lowest BCUT2D eigenvalue weighted by Crippen LogP contribution is -2.18. The van der Waals surface area contributed by atoms with Crippen LogP contribution in [0.15, 0.2) is 30.3 Å². The quantitative estimate of drug-likeness (QED) is 0.779. The summed E-state index contributed by atoms with van der Waals surface area (Å²) in [4.78, 5) is 6.76. The molecule has 1 aromatic carbocycles. The molecule has 1 aromatic heterocycles. The van der Waals surface area contributed by atoms with Gasteiger partial charge >= 0.3 is 0 Å². The number of aromatic nitrogens is 1. The molecule has 0 saturated carbocycles. The Hall–Kier alpha value is -2.34. The maximum atomic E-state index is 9.35. The zero-order valence-electron chi connectivity index (χ0n) is 11.1. The number of rotatable bonds is 1. The Morgan fingerprint density at radius 3 is 2.37 bits per heavy atom. The van der Waals surface area contributed by atoms with Crippen LogP contribution >= 0.6 is 0 Å². The average molecular weight is 249 g/mol. The van der Waals surface area contributed by atoms with Crippen molar-refractivity contribution in [3.63, 3.8) is 0 Å². The highest BCUT2D eigenvalue weighted by molar-refractivity contribution is 5.60. The molecule has 3 rings (SSSR count). The number of hydrogen-bond donors (Lipinski definition) is 0. The first kappa shape index (κ1) is 11.7. The summed E-state index contributed by atoms with van der Waals surface area (Å²) < 4.78 is 0. The second kappa shape index (κ2) is 4.40. The molecule has 1 aliphatic rings. The molecule has 0 aliphatic carbocycles. The Morgan fingerprint density at radius 1 is 1.16 bits per heavy atom. The average Bonchev–Trinajstić information content (AvgIpc) is 2.81. The third-order valence-electron chi connectivity index (χ3n) is 3.58. The van der Waals surface area contributed by atoms with Gasteiger partial charge in [-0.3, -0.25) is 0 Å². The van der Waals surface area contributed by atoms with Gasteiger partial charge in [-0.1, -0.05) is 24.3 Å². The topological polar surface area (TPSA) is 39.9 Å². The van der Waals surface area contributed by atoms with Crippen LogP contribution in [0.25, 0.3) is 0 Å². The second-order valence-electron chi connectivity index (χ2n) is 5.02. The summed E-state index contributed by atoms with van der Waals surface area (Å²) >= 11 is 0. The van der Waals surface area contributed by atoms with Crippen LogP contribution in [-0.4, -0.2) is 4.98 Å². The Bertz CT molecular complexity index is 658. The SMILES string of the molecule is Cc1cc(C)c(C#N)c(N2Cc3ccccc3C2)n1. The van der Waals surface area contributed by atoms with E-state index >= 15 is 0 Å². The van der Waals surface area contributed by atoms with E-state index in [1.807, 2.05) is 19.9 Å². The van der Waals surface area contributed by atoms with Gasteiger partial charge < -0.3 is 4.90 Å². The number of nitrogens with zero attached hydrogens (tertiary/aromatic N) is 3. The first-order valence-electron chi connectivity index (χ1n) is 6.39. The predicted molar refractivity (Wildman–Crippen MR) is 74.8 cm³/mol. The van der Waals surface area contributed by atoms with E-state index in [9.17, 15) is 5.26 Å². The van der Waals surface area contributed by atoms with E-state index in [0.717, 1.165) is 30.2 Å². The fourth-order valence-corrected chi connectivity index (χ4v) is 2.67. The molecule has 0 fully saturated rings. The Labute approximate surface area is 113 Å². The van der Waals surface area contributed by atoms with Gasteiger partial charge in [0.15, 0.2) is 0 Å². The molecule has 2 heterocycles. The number of hydrogen-bond acceptors (Lipinski definition) is 3. The van der Waals surface area contributed by atoms with Crippen molar-refractivity contribution in [1.29, 1.82) is 5.26 Å². The molecule has 3 heteroatoms. The largest absolute Gasteiger partial charge is 0.347 e. The van der Waals surface area contributed by atoms with Gasteiger partial charge in [0.2, 0.25) is 0 Å². The van der Waals surface area contributed by atoms with E-state index in [0.29, 0.717) is 5.56 Å². The maximum Gasteiger partial charge on any atom is 0.147 e. The fraction of sp³-hybridized carbons (Fsp3) is 0.250. The van der Waals surface area contributed by atoms with Crippen molar-refractivity contribution in [3.8, 4) is 6.07 Å². The number of pyridine rings is 1. The zero-order chi connectivity index (χ0) is 13.4. The van der Waals surface area contributed by atoms with Gasteiger partial charge in [-0.2, -0.15) is 5.26 Å². The lowest BCUT2D eigenvalue weighted by atomic mass is 10.1. The predicted octanol–water partition coefficient (Wildman–Crippen LogP) is 3.09. The molecular weight excluding hydrogens is 234 g/mol. The van der Waals surface area contributed by atoms with Crippen molar-refractivity contribution in [3.05, 3.63) is 58.3 Å². The van der Waals surface area contributed by atoms with Gasteiger partial charge in [0.1, 0.15) is 11.9 Å². The van der Waals surface area contributed by atoms with Gasteiger partial charge in [0, 0.05) is 18.8 Å². The van der Waals surface area contributed by atoms with Crippen molar-refractivity contribution in [2.24, 2.45) is 0 Å². The molecule has 1 aliphatic heterocycles. The summed E-state index contributed by atoms with van der Waals surface area (Å²) in [7, 11) is 0. The minimum absolute atomic E-state index is 0.693. The van der Waals surface area contributed by atoms with Crippen LogP contribution in [0.5, 0.6) is 0 Å². The number of fused-ring (bicyclic) bond motifs is 1. The van der Waals surface area contributed by atoms with Crippen LogP contribution < -0.4 is 4.90 Å². The molecule has 0 saturated heterocycles. The minimum atomic E-state index is 0.693. The fourth-order valence-electron chi connectivity index (χ4n) is 2.67. The van der Waals surface area contributed by atoms with Crippen molar-refractivity contribution in [1.82, 2.24) is 4.98 Å². The van der Waals surface area contributed by atoms with Crippen LogP contribution in [0, 0.1) is 25.2 Å². The summed E-state index contributed by atoms with van der Waals surface area (Å²) in [6.07, 6.45) is 0. The van der Waals surface area contributed by atoms with E-state index < -0.39 is 0 Å².